The zero-order valence-corrected chi connectivity index (χ0v) is 12.5. The summed E-state index contributed by atoms with van der Waals surface area (Å²) < 4.78 is 1.04. The SMILES string of the molecule is Cc1sc(N=Cc2ccc(Br)cc2)c(C#N)c1C. The topological polar surface area (TPSA) is 36.1 Å². The Morgan fingerprint density at radius 1 is 1.28 bits per heavy atom. The summed E-state index contributed by atoms with van der Waals surface area (Å²) in [6.45, 7) is 3.97. The zero-order valence-electron chi connectivity index (χ0n) is 10.1. The van der Waals surface area contributed by atoms with Gasteiger partial charge in [0.15, 0.2) is 0 Å². The number of benzene rings is 1. The molecule has 1 aromatic heterocycles. The van der Waals surface area contributed by atoms with Crippen LogP contribution in [0.3, 0.4) is 0 Å². The molecule has 0 saturated heterocycles. The van der Waals surface area contributed by atoms with Crippen molar-refractivity contribution in [2.24, 2.45) is 4.99 Å². The molecule has 2 aromatic rings. The van der Waals surface area contributed by atoms with Crippen molar-refractivity contribution < 1.29 is 0 Å². The number of aliphatic imine (C=N–C) groups is 1. The summed E-state index contributed by atoms with van der Waals surface area (Å²) in [5, 5.41) is 9.91. The maximum Gasteiger partial charge on any atom is 0.134 e. The van der Waals surface area contributed by atoms with E-state index in [1.165, 1.54) is 0 Å². The average Bonchev–Trinajstić information content (AvgIpc) is 2.64. The third-order valence-electron chi connectivity index (χ3n) is 2.68. The molecule has 4 heteroatoms. The normalized spacial score (nSPS) is 10.8. The number of nitrogens with zero attached hydrogens (tertiary/aromatic N) is 2. The molecule has 1 aromatic carbocycles. The molecule has 0 N–H and O–H groups in total. The van der Waals surface area contributed by atoms with Crippen LogP contribution in [0.5, 0.6) is 0 Å². The van der Waals surface area contributed by atoms with Crippen LogP contribution in [0.2, 0.25) is 0 Å². The van der Waals surface area contributed by atoms with Crippen LogP contribution in [0, 0.1) is 25.2 Å². The molecule has 90 valence electrons. The molecular formula is C14H11BrN2S. The molecule has 0 saturated carbocycles. The van der Waals surface area contributed by atoms with Crippen molar-refractivity contribution in [3.8, 4) is 6.07 Å². The molecule has 0 fully saturated rings. The average molecular weight is 319 g/mol. The van der Waals surface area contributed by atoms with Gasteiger partial charge in [-0.05, 0) is 37.1 Å². The lowest BCUT2D eigenvalue weighted by atomic mass is 10.2. The number of hydrogen-bond donors (Lipinski definition) is 0. The van der Waals surface area contributed by atoms with Crippen molar-refractivity contribution in [1.82, 2.24) is 0 Å². The summed E-state index contributed by atoms with van der Waals surface area (Å²) in [5.74, 6) is 0. The smallest absolute Gasteiger partial charge is 0.134 e. The van der Waals surface area contributed by atoms with Gasteiger partial charge in [0.25, 0.3) is 0 Å². The van der Waals surface area contributed by atoms with E-state index in [1.807, 2.05) is 38.1 Å². The van der Waals surface area contributed by atoms with E-state index in [2.05, 4.69) is 27.0 Å². The molecule has 0 aliphatic carbocycles. The Bertz CT molecular complexity index is 633. The quantitative estimate of drug-likeness (QED) is 0.736. The van der Waals surface area contributed by atoms with Crippen molar-refractivity contribution in [3.05, 3.63) is 50.3 Å². The molecule has 0 aliphatic heterocycles. The van der Waals surface area contributed by atoms with Crippen molar-refractivity contribution in [2.75, 3.05) is 0 Å². The second-order valence-electron chi connectivity index (χ2n) is 3.88. The predicted molar refractivity (Wildman–Crippen MR) is 79.9 cm³/mol. The summed E-state index contributed by atoms with van der Waals surface area (Å²) >= 11 is 4.95. The van der Waals surface area contributed by atoms with Gasteiger partial charge in [-0.15, -0.1) is 11.3 Å². The molecule has 2 nitrogen and oxygen atoms in total. The van der Waals surface area contributed by atoms with Gasteiger partial charge in [0.1, 0.15) is 11.1 Å². The molecule has 0 radical (unpaired) electrons. The fourth-order valence-electron chi connectivity index (χ4n) is 1.51. The molecule has 0 atom stereocenters. The van der Waals surface area contributed by atoms with Gasteiger partial charge in [-0.3, -0.25) is 0 Å². The number of nitriles is 1. The minimum absolute atomic E-state index is 0.686. The number of hydrogen-bond acceptors (Lipinski definition) is 3. The van der Waals surface area contributed by atoms with Gasteiger partial charge in [0.2, 0.25) is 0 Å². The summed E-state index contributed by atoms with van der Waals surface area (Å²) in [6, 6.07) is 10.1. The fraction of sp³-hybridized carbons (Fsp3) is 0.143. The van der Waals surface area contributed by atoms with E-state index in [0.717, 1.165) is 25.5 Å². The van der Waals surface area contributed by atoms with E-state index in [1.54, 1.807) is 17.6 Å². The minimum Gasteiger partial charge on any atom is -0.244 e. The second-order valence-corrected chi connectivity index (χ2v) is 6.00. The fourth-order valence-corrected chi connectivity index (χ4v) is 2.73. The maximum absolute atomic E-state index is 9.12. The van der Waals surface area contributed by atoms with Crippen molar-refractivity contribution in [3.63, 3.8) is 0 Å². The first-order valence-corrected chi connectivity index (χ1v) is 7.02. The highest BCUT2D eigenvalue weighted by molar-refractivity contribution is 9.10. The van der Waals surface area contributed by atoms with Crippen LogP contribution in [0.4, 0.5) is 5.00 Å². The lowest BCUT2D eigenvalue weighted by Crippen LogP contribution is -1.80. The van der Waals surface area contributed by atoms with Crippen molar-refractivity contribution >= 4 is 38.5 Å². The molecular weight excluding hydrogens is 308 g/mol. The Morgan fingerprint density at radius 3 is 2.56 bits per heavy atom. The first-order valence-electron chi connectivity index (χ1n) is 5.41. The van der Waals surface area contributed by atoms with Crippen LogP contribution in [-0.4, -0.2) is 6.21 Å². The third-order valence-corrected chi connectivity index (χ3v) is 4.32. The summed E-state index contributed by atoms with van der Waals surface area (Å²) in [4.78, 5) is 5.56. The molecule has 2 rings (SSSR count). The molecule has 1 heterocycles. The molecule has 0 aliphatic rings. The van der Waals surface area contributed by atoms with Crippen molar-refractivity contribution in [2.45, 2.75) is 13.8 Å². The van der Waals surface area contributed by atoms with Crippen LogP contribution in [0.1, 0.15) is 21.6 Å². The van der Waals surface area contributed by atoms with E-state index in [0.29, 0.717) is 5.56 Å². The Kier molecular flexibility index (Phi) is 3.95. The highest BCUT2D eigenvalue weighted by atomic mass is 79.9. The van der Waals surface area contributed by atoms with Crippen molar-refractivity contribution in [1.29, 1.82) is 5.26 Å². The monoisotopic (exact) mass is 318 g/mol. The number of halogens is 1. The first kappa shape index (κ1) is 13.0. The lowest BCUT2D eigenvalue weighted by Gasteiger charge is -1.93. The Balaban J connectivity index is 2.32. The Hall–Kier alpha value is -1.44. The van der Waals surface area contributed by atoms with Gasteiger partial charge < -0.3 is 0 Å². The highest BCUT2D eigenvalue weighted by Gasteiger charge is 2.10. The highest BCUT2D eigenvalue weighted by Crippen LogP contribution is 2.33. The number of rotatable bonds is 2. The molecule has 0 unspecified atom stereocenters. The van der Waals surface area contributed by atoms with Crippen LogP contribution >= 0.6 is 27.3 Å². The van der Waals surface area contributed by atoms with Crippen LogP contribution in [0.25, 0.3) is 0 Å². The van der Waals surface area contributed by atoms with Gasteiger partial charge in [0, 0.05) is 15.6 Å². The largest absolute Gasteiger partial charge is 0.244 e. The van der Waals surface area contributed by atoms with E-state index in [9.17, 15) is 0 Å². The molecule has 0 spiro atoms. The van der Waals surface area contributed by atoms with E-state index < -0.39 is 0 Å². The Labute approximate surface area is 119 Å². The van der Waals surface area contributed by atoms with Gasteiger partial charge in [-0.1, -0.05) is 28.1 Å². The van der Waals surface area contributed by atoms with Crippen LogP contribution < -0.4 is 0 Å². The standard InChI is InChI=1S/C14H11BrN2S/c1-9-10(2)18-14(13(9)7-16)17-8-11-3-5-12(15)6-4-11/h3-6,8H,1-2H3. The van der Waals surface area contributed by atoms with Gasteiger partial charge in [-0.25, -0.2) is 4.99 Å². The van der Waals surface area contributed by atoms with E-state index >= 15 is 0 Å². The second kappa shape index (κ2) is 5.47. The molecule has 18 heavy (non-hydrogen) atoms. The zero-order chi connectivity index (χ0) is 13.1. The number of aryl methyl sites for hydroxylation is 1. The molecule has 0 bridgehead atoms. The summed E-state index contributed by atoms with van der Waals surface area (Å²) in [5.41, 5.74) is 2.74. The van der Waals surface area contributed by atoms with E-state index in [-0.39, 0.29) is 0 Å². The third kappa shape index (κ3) is 2.69. The van der Waals surface area contributed by atoms with Crippen LogP contribution in [0.15, 0.2) is 33.7 Å². The predicted octanol–water partition coefficient (Wildman–Crippen LogP) is 4.75. The van der Waals surface area contributed by atoms with Gasteiger partial charge >= 0.3 is 0 Å². The summed E-state index contributed by atoms with van der Waals surface area (Å²) in [7, 11) is 0. The summed E-state index contributed by atoms with van der Waals surface area (Å²) in [6.07, 6.45) is 1.79. The molecule has 0 amide bonds. The van der Waals surface area contributed by atoms with Gasteiger partial charge in [0.05, 0.1) is 5.56 Å². The maximum atomic E-state index is 9.12. The van der Waals surface area contributed by atoms with Gasteiger partial charge in [-0.2, -0.15) is 5.26 Å². The minimum atomic E-state index is 0.686. The number of thiophene rings is 1. The first-order chi connectivity index (χ1) is 8.61. The lowest BCUT2D eigenvalue weighted by molar-refractivity contribution is 1.38. The van der Waals surface area contributed by atoms with Crippen LogP contribution in [-0.2, 0) is 0 Å². The van der Waals surface area contributed by atoms with E-state index in [4.69, 9.17) is 5.26 Å². The Morgan fingerprint density at radius 2 is 1.94 bits per heavy atom.